The van der Waals surface area contributed by atoms with Crippen molar-refractivity contribution in [1.82, 2.24) is 15.1 Å². The molecule has 1 amide bonds. The lowest BCUT2D eigenvalue weighted by atomic mass is 10.2. The molecular formula is C16H16N4O2S. The molecule has 2 heterocycles. The molecule has 2 aromatic heterocycles. The lowest BCUT2D eigenvalue weighted by molar-refractivity contribution is -0.115. The third-order valence-corrected chi connectivity index (χ3v) is 4.68. The van der Waals surface area contributed by atoms with Crippen LogP contribution in [-0.2, 0) is 4.79 Å². The summed E-state index contributed by atoms with van der Waals surface area (Å²) in [5.41, 5.74) is 0.868. The largest absolute Gasteiger partial charge is 0.360 e. The molecule has 3 rings (SSSR count). The van der Waals surface area contributed by atoms with E-state index in [1.807, 2.05) is 31.2 Å². The van der Waals surface area contributed by atoms with Crippen LogP contribution in [0.2, 0.25) is 0 Å². The number of benzene rings is 1. The van der Waals surface area contributed by atoms with Gasteiger partial charge in [-0.05, 0) is 19.4 Å². The number of carbonyl (C=O) groups is 1. The van der Waals surface area contributed by atoms with Gasteiger partial charge in [0.05, 0.1) is 10.8 Å². The van der Waals surface area contributed by atoms with Crippen LogP contribution in [0.15, 0.2) is 46.2 Å². The van der Waals surface area contributed by atoms with Gasteiger partial charge in [0, 0.05) is 11.5 Å². The highest BCUT2D eigenvalue weighted by Crippen LogP contribution is 2.29. The van der Waals surface area contributed by atoms with Crippen LogP contribution in [0, 0.1) is 6.92 Å². The first kappa shape index (κ1) is 15.5. The van der Waals surface area contributed by atoms with E-state index >= 15 is 0 Å². The van der Waals surface area contributed by atoms with Crippen LogP contribution in [0.1, 0.15) is 19.1 Å². The number of para-hydroxylation sites is 1. The van der Waals surface area contributed by atoms with Crippen molar-refractivity contribution >= 4 is 34.4 Å². The monoisotopic (exact) mass is 328 g/mol. The molecule has 0 saturated carbocycles. The van der Waals surface area contributed by atoms with Gasteiger partial charge < -0.3 is 9.84 Å². The minimum absolute atomic E-state index is 0.117. The summed E-state index contributed by atoms with van der Waals surface area (Å²) in [6, 6.07) is 9.45. The predicted octanol–water partition coefficient (Wildman–Crippen LogP) is 3.44. The highest BCUT2D eigenvalue weighted by atomic mass is 32.2. The van der Waals surface area contributed by atoms with Gasteiger partial charge in [-0.1, -0.05) is 42.0 Å². The van der Waals surface area contributed by atoms with Gasteiger partial charge in [-0.2, -0.15) is 0 Å². The van der Waals surface area contributed by atoms with Gasteiger partial charge in [-0.3, -0.25) is 4.79 Å². The molecule has 0 radical (unpaired) electrons. The fourth-order valence-corrected chi connectivity index (χ4v) is 3.17. The number of fused-ring (bicyclic) bond motifs is 1. The molecular weight excluding hydrogens is 312 g/mol. The molecule has 0 aliphatic carbocycles. The first-order chi connectivity index (χ1) is 11.2. The Hall–Kier alpha value is -2.41. The van der Waals surface area contributed by atoms with Crippen LogP contribution in [0.25, 0.3) is 10.9 Å². The number of aryl methyl sites for hydroxylation is 1. The summed E-state index contributed by atoms with van der Waals surface area (Å²) in [6.07, 6.45) is 2.20. The Balaban J connectivity index is 1.79. The summed E-state index contributed by atoms with van der Waals surface area (Å²) in [6.45, 7) is 3.75. The first-order valence-electron chi connectivity index (χ1n) is 7.28. The number of anilines is 1. The number of aromatic nitrogens is 3. The van der Waals surface area contributed by atoms with Gasteiger partial charge in [0.15, 0.2) is 5.82 Å². The summed E-state index contributed by atoms with van der Waals surface area (Å²) >= 11 is 1.43. The quantitative estimate of drug-likeness (QED) is 0.571. The van der Waals surface area contributed by atoms with Crippen molar-refractivity contribution in [2.24, 2.45) is 0 Å². The summed E-state index contributed by atoms with van der Waals surface area (Å²) in [5.74, 6) is 0.968. The van der Waals surface area contributed by atoms with E-state index in [2.05, 4.69) is 20.4 Å². The van der Waals surface area contributed by atoms with E-state index in [1.54, 1.807) is 13.0 Å². The second-order valence-electron chi connectivity index (χ2n) is 5.02. The molecule has 0 bridgehead atoms. The lowest BCUT2D eigenvalue weighted by Crippen LogP contribution is -2.24. The second kappa shape index (κ2) is 6.78. The molecule has 0 aliphatic heterocycles. The van der Waals surface area contributed by atoms with E-state index in [0.29, 0.717) is 18.0 Å². The molecule has 1 atom stereocenters. The Morgan fingerprint density at radius 1 is 1.35 bits per heavy atom. The molecule has 0 aliphatic rings. The molecule has 23 heavy (non-hydrogen) atoms. The van der Waals surface area contributed by atoms with Crippen molar-refractivity contribution in [2.75, 3.05) is 5.32 Å². The number of rotatable bonds is 5. The highest BCUT2D eigenvalue weighted by Gasteiger charge is 2.21. The fraction of sp³-hybridized carbons (Fsp3) is 0.250. The van der Waals surface area contributed by atoms with Crippen LogP contribution < -0.4 is 5.32 Å². The maximum Gasteiger partial charge on any atom is 0.239 e. The number of nitrogens with zero attached hydrogens (tertiary/aromatic N) is 3. The molecule has 0 unspecified atom stereocenters. The van der Waals surface area contributed by atoms with E-state index in [9.17, 15) is 4.79 Å². The number of carbonyl (C=O) groups excluding carboxylic acids is 1. The number of hydrogen-bond donors (Lipinski definition) is 1. The van der Waals surface area contributed by atoms with Crippen LogP contribution in [0.4, 0.5) is 5.82 Å². The van der Waals surface area contributed by atoms with Gasteiger partial charge in [0.1, 0.15) is 17.1 Å². The second-order valence-corrected chi connectivity index (χ2v) is 6.21. The molecule has 6 nitrogen and oxygen atoms in total. The van der Waals surface area contributed by atoms with Crippen LogP contribution >= 0.6 is 11.8 Å². The standard InChI is InChI=1S/C16H16N4O2S/c1-3-13(15(21)19-14-8-10(2)22-20-14)23-16-11-6-4-5-7-12(11)17-9-18-16/h4-9,13H,3H2,1-2H3,(H,19,20,21)/t13-/m1/s1. The number of amides is 1. The minimum Gasteiger partial charge on any atom is -0.360 e. The fourth-order valence-electron chi connectivity index (χ4n) is 2.16. The number of hydrogen-bond acceptors (Lipinski definition) is 6. The van der Waals surface area contributed by atoms with Crippen molar-refractivity contribution < 1.29 is 9.32 Å². The smallest absolute Gasteiger partial charge is 0.239 e. The Kier molecular flexibility index (Phi) is 4.57. The highest BCUT2D eigenvalue weighted by molar-refractivity contribution is 8.00. The van der Waals surface area contributed by atoms with Gasteiger partial charge in [-0.25, -0.2) is 9.97 Å². The maximum absolute atomic E-state index is 12.4. The number of nitrogens with one attached hydrogen (secondary N) is 1. The van der Waals surface area contributed by atoms with Crippen molar-refractivity contribution in [1.29, 1.82) is 0 Å². The minimum atomic E-state index is -0.273. The third kappa shape index (κ3) is 3.50. The van der Waals surface area contributed by atoms with Crippen molar-refractivity contribution in [2.45, 2.75) is 30.5 Å². The molecule has 1 N–H and O–H groups in total. The lowest BCUT2D eigenvalue weighted by Gasteiger charge is -2.13. The predicted molar refractivity (Wildman–Crippen MR) is 89.3 cm³/mol. The topological polar surface area (TPSA) is 80.9 Å². The molecule has 0 fully saturated rings. The zero-order valence-electron chi connectivity index (χ0n) is 12.8. The summed E-state index contributed by atoms with van der Waals surface area (Å²) in [4.78, 5) is 21.0. The summed E-state index contributed by atoms with van der Waals surface area (Å²) in [5, 5.41) is 8.04. The summed E-state index contributed by atoms with van der Waals surface area (Å²) in [7, 11) is 0. The molecule has 3 aromatic rings. The number of thioether (sulfide) groups is 1. The summed E-state index contributed by atoms with van der Waals surface area (Å²) < 4.78 is 4.96. The third-order valence-electron chi connectivity index (χ3n) is 3.30. The van der Waals surface area contributed by atoms with E-state index in [1.165, 1.54) is 18.1 Å². The average molecular weight is 328 g/mol. The molecule has 1 aromatic carbocycles. The molecule has 7 heteroatoms. The van der Waals surface area contributed by atoms with Gasteiger partial charge in [0.25, 0.3) is 0 Å². The molecule has 0 spiro atoms. The Morgan fingerprint density at radius 2 is 2.17 bits per heavy atom. The SMILES string of the molecule is CC[C@@H](Sc1ncnc2ccccc12)C(=O)Nc1cc(C)on1. The zero-order chi connectivity index (χ0) is 16.2. The van der Waals surface area contributed by atoms with E-state index in [0.717, 1.165) is 15.9 Å². The van der Waals surface area contributed by atoms with Gasteiger partial charge in [0.2, 0.25) is 5.91 Å². The average Bonchev–Trinajstić information content (AvgIpc) is 2.97. The van der Waals surface area contributed by atoms with Crippen LogP contribution in [0.5, 0.6) is 0 Å². The normalized spacial score (nSPS) is 12.3. The Bertz CT molecular complexity index is 828. The zero-order valence-corrected chi connectivity index (χ0v) is 13.6. The maximum atomic E-state index is 12.4. The molecule has 0 saturated heterocycles. The van der Waals surface area contributed by atoms with Gasteiger partial charge >= 0.3 is 0 Å². The van der Waals surface area contributed by atoms with E-state index in [-0.39, 0.29) is 11.2 Å². The van der Waals surface area contributed by atoms with Gasteiger partial charge in [-0.15, -0.1) is 0 Å². The van der Waals surface area contributed by atoms with Crippen molar-refractivity contribution in [3.05, 3.63) is 42.4 Å². The first-order valence-corrected chi connectivity index (χ1v) is 8.16. The van der Waals surface area contributed by atoms with Crippen LogP contribution in [-0.4, -0.2) is 26.3 Å². The Labute approximate surface area is 137 Å². The van der Waals surface area contributed by atoms with Crippen LogP contribution in [0.3, 0.4) is 0 Å². The van der Waals surface area contributed by atoms with E-state index in [4.69, 9.17) is 4.52 Å². The van der Waals surface area contributed by atoms with Crippen molar-refractivity contribution in [3.8, 4) is 0 Å². The van der Waals surface area contributed by atoms with E-state index < -0.39 is 0 Å². The van der Waals surface area contributed by atoms with Crippen molar-refractivity contribution in [3.63, 3.8) is 0 Å². The Morgan fingerprint density at radius 3 is 2.91 bits per heavy atom. The molecule has 118 valence electrons.